The van der Waals surface area contributed by atoms with Crippen LogP contribution in [-0.2, 0) is 6.42 Å². The molecule has 0 unspecified atom stereocenters. The standard InChI is InChI=1S/C9H10N2O5/c1-6-4-7(10(13)14)5-9(11(15)16)8(6)2-3-12/h4-5,12H,2-3H2,1H3. The number of aryl methyl sites for hydroxylation is 1. The lowest BCUT2D eigenvalue weighted by atomic mass is 10.0. The van der Waals surface area contributed by atoms with Gasteiger partial charge in [-0.15, -0.1) is 0 Å². The third-order valence-electron chi connectivity index (χ3n) is 2.20. The molecule has 0 saturated heterocycles. The van der Waals surface area contributed by atoms with Gasteiger partial charge >= 0.3 is 0 Å². The van der Waals surface area contributed by atoms with Crippen molar-refractivity contribution in [3.8, 4) is 0 Å². The zero-order valence-corrected chi connectivity index (χ0v) is 8.54. The van der Waals surface area contributed by atoms with E-state index in [2.05, 4.69) is 0 Å². The Morgan fingerprint density at radius 1 is 1.25 bits per heavy atom. The predicted octanol–water partition coefficient (Wildman–Crippen LogP) is 1.35. The van der Waals surface area contributed by atoms with Crippen molar-refractivity contribution >= 4 is 11.4 Å². The first-order chi connectivity index (χ1) is 7.47. The van der Waals surface area contributed by atoms with Gasteiger partial charge in [0.1, 0.15) is 0 Å². The molecule has 0 atom stereocenters. The van der Waals surface area contributed by atoms with Crippen LogP contribution < -0.4 is 0 Å². The second-order valence-corrected chi connectivity index (χ2v) is 3.25. The van der Waals surface area contributed by atoms with Gasteiger partial charge in [-0.3, -0.25) is 20.2 Å². The second kappa shape index (κ2) is 4.67. The van der Waals surface area contributed by atoms with E-state index in [0.717, 1.165) is 6.07 Å². The molecule has 0 bridgehead atoms. The van der Waals surface area contributed by atoms with Crippen LogP contribution in [0.25, 0.3) is 0 Å². The van der Waals surface area contributed by atoms with Crippen molar-refractivity contribution in [3.63, 3.8) is 0 Å². The molecule has 1 aromatic carbocycles. The van der Waals surface area contributed by atoms with Crippen LogP contribution in [-0.4, -0.2) is 21.6 Å². The summed E-state index contributed by atoms with van der Waals surface area (Å²) in [6.07, 6.45) is 0.111. The molecule has 1 rings (SSSR count). The van der Waals surface area contributed by atoms with Crippen molar-refractivity contribution in [3.05, 3.63) is 43.5 Å². The maximum absolute atomic E-state index is 10.7. The van der Waals surface area contributed by atoms with Crippen LogP contribution in [0.5, 0.6) is 0 Å². The Kier molecular flexibility index (Phi) is 3.51. The Hall–Kier alpha value is -2.02. The fraction of sp³-hybridized carbons (Fsp3) is 0.333. The quantitative estimate of drug-likeness (QED) is 0.615. The molecule has 0 aliphatic carbocycles. The number of hydrogen-bond acceptors (Lipinski definition) is 5. The fourth-order valence-corrected chi connectivity index (χ4v) is 1.49. The number of nitrogens with zero attached hydrogens (tertiary/aromatic N) is 2. The molecule has 16 heavy (non-hydrogen) atoms. The number of nitro groups is 2. The van der Waals surface area contributed by atoms with E-state index >= 15 is 0 Å². The minimum Gasteiger partial charge on any atom is -0.396 e. The first-order valence-electron chi connectivity index (χ1n) is 4.50. The average Bonchev–Trinajstić information content (AvgIpc) is 2.20. The normalized spacial score (nSPS) is 10.1. The molecule has 0 saturated carbocycles. The van der Waals surface area contributed by atoms with Gasteiger partial charge in [-0.2, -0.15) is 0 Å². The molecule has 0 amide bonds. The summed E-state index contributed by atoms with van der Waals surface area (Å²) in [5.74, 6) is 0. The first kappa shape index (κ1) is 12.1. The lowest BCUT2D eigenvalue weighted by Crippen LogP contribution is -2.02. The molecular formula is C9H10N2O5. The highest BCUT2D eigenvalue weighted by Crippen LogP contribution is 2.28. The van der Waals surface area contributed by atoms with Crippen molar-refractivity contribution in [2.45, 2.75) is 13.3 Å². The summed E-state index contributed by atoms with van der Waals surface area (Å²) in [5, 5.41) is 30.0. The van der Waals surface area contributed by atoms with Gasteiger partial charge in [0, 0.05) is 24.7 Å². The minimum atomic E-state index is -0.678. The first-order valence-corrected chi connectivity index (χ1v) is 4.50. The topological polar surface area (TPSA) is 107 Å². The van der Waals surface area contributed by atoms with Crippen molar-refractivity contribution in [1.29, 1.82) is 0 Å². The Bertz CT molecular complexity index is 444. The predicted molar refractivity (Wildman–Crippen MR) is 55.3 cm³/mol. The van der Waals surface area contributed by atoms with Gasteiger partial charge in [-0.1, -0.05) is 0 Å². The van der Waals surface area contributed by atoms with Gasteiger partial charge in [-0.25, -0.2) is 0 Å². The van der Waals surface area contributed by atoms with Gasteiger partial charge in [0.15, 0.2) is 0 Å². The highest BCUT2D eigenvalue weighted by Gasteiger charge is 2.21. The smallest absolute Gasteiger partial charge is 0.279 e. The highest BCUT2D eigenvalue weighted by atomic mass is 16.6. The molecule has 0 aromatic heterocycles. The summed E-state index contributed by atoms with van der Waals surface area (Å²) in [6.45, 7) is 1.31. The maximum Gasteiger partial charge on any atom is 0.279 e. The van der Waals surface area contributed by atoms with Crippen LogP contribution in [0.15, 0.2) is 12.1 Å². The van der Waals surface area contributed by atoms with Gasteiger partial charge in [0.25, 0.3) is 11.4 Å². The van der Waals surface area contributed by atoms with E-state index in [0.29, 0.717) is 11.1 Å². The van der Waals surface area contributed by atoms with Gasteiger partial charge in [-0.05, 0) is 12.5 Å². The van der Waals surface area contributed by atoms with Crippen molar-refractivity contribution in [2.75, 3.05) is 6.61 Å². The zero-order valence-electron chi connectivity index (χ0n) is 8.54. The molecule has 0 aliphatic rings. The molecule has 0 aliphatic heterocycles. The number of nitro benzene ring substituents is 2. The van der Waals surface area contributed by atoms with E-state index in [1.165, 1.54) is 6.07 Å². The van der Waals surface area contributed by atoms with Crippen LogP contribution in [0.3, 0.4) is 0 Å². The molecule has 1 aromatic rings. The molecule has 7 nitrogen and oxygen atoms in total. The van der Waals surface area contributed by atoms with E-state index in [4.69, 9.17) is 5.11 Å². The third kappa shape index (κ3) is 2.31. The van der Waals surface area contributed by atoms with Crippen LogP contribution in [0.4, 0.5) is 11.4 Å². The summed E-state index contributed by atoms with van der Waals surface area (Å²) in [6, 6.07) is 2.18. The number of hydrogen-bond donors (Lipinski definition) is 1. The van der Waals surface area contributed by atoms with E-state index in [-0.39, 0.29) is 24.4 Å². The Morgan fingerprint density at radius 3 is 2.31 bits per heavy atom. The summed E-state index contributed by atoms with van der Waals surface area (Å²) in [5.41, 5.74) is 0.139. The Balaban J connectivity index is 3.39. The van der Waals surface area contributed by atoms with Crippen molar-refractivity contribution in [2.24, 2.45) is 0 Å². The second-order valence-electron chi connectivity index (χ2n) is 3.25. The van der Waals surface area contributed by atoms with Gasteiger partial charge in [0.2, 0.25) is 0 Å². The summed E-state index contributed by atoms with van der Waals surface area (Å²) >= 11 is 0. The number of aliphatic hydroxyl groups excluding tert-OH is 1. The molecular weight excluding hydrogens is 216 g/mol. The van der Waals surface area contributed by atoms with Crippen LogP contribution in [0, 0.1) is 27.2 Å². The lowest BCUT2D eigenvalue weighted by Gasteiger charge is -2.04. The van der Waals surface area contributed by atoms with Crippen molar-refractivity contribution < 1.29 is 15.0 Å². The lowest BCUT2D eigenvalue weighted by molar-refractivity contribution is -0.394. The van der Waals surface area contributed by atoms with E-state index in [9.17, 15) is 20.2 Å². The number of rotatable bonds is 4. The fourth-order valence-electron chi connectivity index (χ4n) is 1.49. The van der Waals surface area contributed by atoms with Gasteiger partial charge in [0.05, 0.1) is 15.9 Å². The molecule has 7 heteroatoms. The number of benzene rings is 1. The van der Waals surface area contributed by atoms with E-state index in [1.807, 2.05) is 0 Å². The van der Waals surface area contributed by atoms with Crippen LogP contribution >= 0.6 is 0 Å². The van der Waals surface area contributed by atoms with Crippen molar-refractivity contribution in [1.82, 2.24) is 0 Å². The monoisotopic (exact) mass is 226 g/mol. The molecule has 0 fully saturated rings. The van der Waals surface area contributed by atoms with E-state index in [1.54, 1.807) is 6.92 Å². The highest BCUT2D eigenvalue weighted by molar-refractivity contribution is 5.53. The Labute approximate surface area is 90.6 Å². The minimum absolute atomic E-state index is 0.111. The summed E-state index contributed by atoms with van der Waals surface area (Å²) in [7, 11) is 0. The zero-order chi connectivity index (χ0) is 12.3. The van der Waals surface area contributed by atoms with Crippen LogP contribution in [0.2, 0.25) is 0 Å². The summed E-state index contributed by atoms with van der Waals surface area (Å²) in [4.78, 5) is 19.9. The summed E-state index contributed by atoms with van der Waals surface area (Å²) < 4.78 is 0. The largest absolute Gasteiger partial charge is 0.396 e. The van der Waals surface area contributed by atoms with E-state index < -0.39 is 9.85 Å². The number of non-ortho nitro benzene ring substituents is 1. The SMILES string of the molecule is Cc1cc([N+](=O)[O-])cc([N+](=O)[O-])c1CCO. The molecule has 86 valence electrons. The Morgan fingerprint density at radius 2 is 1.88 bits per heavy atom. The molecule has 0 spiro atoms. The third-order valence-corrected chi connectivity index (χ3v) is 2.20. The van der Waals surface area contributed by atoms with Crippen LogP contribution in [0.1, 0.15) is 11.1 Å². The number of aliphatic hydroxyl groups is 1. The molecule has 1 N–H and O–H groups in total. The van der Waals surface area contributed by atoms with Gasteiger partial charge < -0.3 is 5.11 Å². The molecule has 0 radical (unpaired) electrons. The molecule has 0 heterocycles. The average molecular weight is 226 g/mol. The maximum atomic E-state index is 10.7.